The Bertz CT molecular complexity index is 500. The van der Waals surface area contributed by atoms with Crippen molar-refractivity contribution < 1.29 is 14.7 Å². The summed E-state index contributed by atoms with van der Waals surface area (Å²) in [5.74, 6) is -1.13. The number of rotatable bonds is 4. The molecule has 4 N–H and O–H groups in total. The monoisotopic (exact) mass is 283 g/mol. The standard InChI is InChI=1S/C12H17N3O3S/c1-6-9(12(17)18)11(19-15-6)14-10(16)8-4-2-3-7(8)5-13/h7-8H,2-5,13H2,1H3,(H,14,16)(H,17,18). The summed E-state index contributed by atoms with van der Waals surface area (Å²) in [6.45, 7) is 2.11. The Labute approximate surface area is 115 Å². The lowest BCUT2D eigenvalue weighted by atomic mass is 9.95. The average molecular weight is 283 g/mol. The summed E-state index contributed by atoms with van der Waals surface area (Å²) < 4.78 is 3.98. The summed E-state index contributed by atoms with van der Waals surface area (Å²) in [7, 11) is 0. The van der Waals surface area contributed by atoms with Crippen molar-refractivity contribution in [1.82, 2.24) is 4.37 Å². The zero-order valence-corrected chi connectivity index (χ0v) is 11.5. The van der Waals surface area contributed by atoms with Gasteiger partial charge in [-0.15, -0.1) is 0 Å². The number of nitrogens with zero attached hydrogens (tertiary/aromatic N) is 1. The topological polar surface area (TPSA) is 105 Å². The van der Waals surface area contributed by atoms with Gasteiger partial charge in [-0.25, -0.2) is 4.79 Å². The molecule has 1 aliphatic carbocycles. The number of carboxylic acids is 1. The number of nitrogens with one attached hydrogen (secondary N) is 1. The van der Waals surface area contributed by atoms with Gasteiger partial charge in [-0.1, -0.05) is 6.42 Å². The molecule has 1 aliphatic rings. The molecule has 0 bridgehead atoms. The van der Waals surface area contributed by atoms with Crippen molar-refractivity contribution in [1.29, 1.82) is 0 Å². The number of carbonyl (C=O) groups is 2. The fraction of sp³-hybridized carbons (Fsp3) is 0.583. The lowest BCUT2D eigenvalue weighted by Crippen LogP contribution is -2.29. The number of anilines is 1. The van der Waals surface area contributed by atoms with Crippen LogP contribution in [0.5, 0.6) is 0 Å². The maximum Gasteiger partial charge on any atom is 0.340 e. The number of carboxylic acid groups (broad SMARTS) is 1. The number of carbonyl (C=O) groups excluding carboxylic acids is 1. The van der Waals surface area contributed by atoms with Crippen LogP contribution < -0.4 is 11.1 Å². The zero-order chi connectivity index (χ0) is 14.0. The molecule has 0 radical (unpaired) electrons. The highest BCUT2D eigenvalue weighted by Crippen LogP contribution is 2.33. The molecule has 1 aromatic heterocycles. The molecule has 1 aromatic rings. The first-order valence-corrected chi connectivity index (χ1v) is 7.02. The Balaban J connectivity index is 2.13. The fourth-order valence-electron chi connectivity index (χ4n) is 2.58. The summed E-state index contributed by atoms with van der Waals surface area (Å²) in [4.78, 5) is 23.3. The van der Waals surface area contributed by atoms with Gasteiger partial charge in [-0.3, -0.25) is 4.79 Å². The molecule has 0 saturated heterocycles. The van der Waals surface area contributed by atoms with Gasteiger partial charge < -0.3 is 16.2 Å². The van der Waals surface area contributed by atoms with E-state index in [0.717, 1.165) is 30.8 Å². The van der Waals surface area contributed by atoms with Crippen LogP contribution in [0.4, 0.5) is 5.00 Å². The van der Waals surface area contributed by atoms with Crippen molar-refractivity contribution in [2.75, 3.05) is 11.9 Å². The van der Waals surface area contributed by atoms with Crippen LogP contribution in [0.1, 0.15) is 35.3 Å². The number of hydrogen-bond acceptors (Lipinski definition) is 5. The minimum Gasteiger partial charge on any atom is -0.478 e. The first-order valence-electron chi connectivity index (χ1n) is 6.25. The van der Waals surface area contributed by atoms with E-state index in [2.05, 4.69) is 9.69 Å². The molecule has 1 saturated carbocycles. The fourth-order valence-corrected chi connectivity index (χ4v) is 3.37. The van der Waals surface area contributed by atoms with Crippen LogP contribution >= 0.6 is 11.5 Å². The first-order chi connectivity index (χ1) is 9.04. The molecule has 0 aliphatic heterocycles. The smallest absolute Gasteiger partial charge is 0.340 e. The van der Waals surface area contributed by atoms with Gasteiger partial charge in [0.25, 0.3) is 0 Å². The number of hydrogen-bond donors (Lipinski definition) is 3. The number of aryl methyl sites for hydroxylation is 1. The quantitative estimate of drug-likeness (QED) is 0.776. The molecule has 104 valence electrons. The third-order valence-electron chi connectivity index (χ3n) is 3.61. The van der Waals surface area contributed by atoms with Gasteiger partial charge in [0.1, 0.15) is 10.6 Å². The Hall–Kier alpha value is -1.47. The van der Waals surface area contributed by atoms with Gasteiger partial charge >= 0.3 is 5.97 Å². The van der Waals surface area contributed by atoms with Crippen molar-refractivity contribution in [2.45, 2.75) is 26.2 Å². The number of aromatic carboxylic acids is 1. The van der Waals surface area contributed by atoms with Crippen LogP contribution in [0.25, 0.3) is 0 Å². The highest BCUT2D eigenvalue weighted by atomic mass is 32.1. The molecule has 19 heavy (non-hydrogen) atoms. The van der Waals surface area contributed by atoms with Crippen LogP contribution in [0.2, 0.25) is 0 Å². The second kappa shape index (κ2) is 5.66. The van der Waals surface area contributed by atoms with Crippen molar-refractivity contribution in [2.24, 2.45) is 17.6 Å². The minimum atomic E-state index is -1.07. The Kier molecular flexibility index (Phi) is 4.16. The number of nitrogens with two attached hydrogens (primary N) is 1. The Morgan fingerprint density at radius 2 is 2.26 bits per heavy atom. The van der Waals surface area contributed by atoms with Crippen LogP contribution in [-0.2, 0) is 4.79 Å². The van der Waals surface area contributed by atoms with Gasteiger partial charge in [0.15, 0.2) is 0 Å². The van der Waals surface area contributed by atoms with E-state index in [1.165, 1.54) is 0 Å². The van der Waals surface area contributed by atoms with E-state index >= 15 is 0 Å². The number of aromatic nitrogens is 1. The van der Waals surface area contributed by atoms with Crippen LogP contribution in [-0.4, -0.2) is 27.9 Å². The third kappa shape index (κ3) is 2.76. The SMILES string of the molecule is Cc1nsc(NC(=O)C2CCCC2CN)c1C(=O)O. The molecule has 2 unspecified atom stereocenters. The van der Waals surface area contributed by atoms with E-state index in [1.807, 2.05) is 0 Å². The molecular weight excluding hydrogens is 266 g/mol. The van der Waals surface area contributed by atoms with Crippen molar-refractivity contribution in [3.63, 3.8) is 0 Å². The molecule has 0 aromatic carbocycles. The molecule has 2 rings (SSSR count). The van der Waals surface area contributed by atoms with Crippen molar-refractivity contribution in [3.8, 4) is 0 Å². The van der Waals surface area contributed by atoms with E-state index in [4.69, 9.17) is 10.8 Å². The third-order valence-corrected chi connectivity index (χ3v) is 4.47. The summed E-state index contributed by atoms with van der Waals surface area (Å²) in [6, 6.07) is 0. The molecule has 1 amide bonds. The molecule has 6 nitrogen and oxygen atoms in total. The molecule has 2 atom stereocenters. The maximum atomic E-state index is 12.2. The molecular formula is C12H17N3O3S. The van der Waals surface area contributed by atoms with E-state index in [0.29, 0.717) is 17.2 Å². The second-order valence-electron chi connectivity index (χ2n) is 4.80. The lowest BCUT2D eigenvalue weighted by molar-refractivity contribution is -0.120. The Morgan fingerprint density at radius 3 is 2.89 bits per heavy atom. The normalized spacial score (nSPS) is 22.4. The summed E-state index contributed by atoms with van der Waals surface area (Å²) in [6.07, 6.45) is 2.77. The van der Waals surface area contributed by atoms with Crippen molar-refractivity contribution in [3.05, 3.63) is 11.3 Å². The first kappa shape index (κ1) is 14.0. The van der Waals surface area contributed by atoms with Gasteiger partial charge in [0, 0.05) is 5.92 Å². The van der Waals surface area contributed by atoms with E-state index in [-0.39, 0.29) is 23.3 Å². The van der Waals surface area contributed by atoms with E-state index in [9.17, 15) is 9.59 Å². The molecule has 0 spiro atoms. The average Bonchev–Trinajstić information content (AvgIpc) is 2.95. The largest absolute Gasteiger partial charge is 0.478 e. The van der Waals surface area contributed by atoms with E-state index in [1.54, 1.807) is 6.92 Å². The maximum absolute atomic E-state index is 12.2. The minimum absolute atomic E-state index is 0.0839. The van der Waals surface area contributed by atoms with Gasteiger partial charge in [-0.05, 0) is 43.8 Å². The zero-order valence-electron chi connectivity index (χ0n) is 10.7. The van der Waals surface area contributed by atoms with E-state index < -0.39 is 5.97 Å². The Morgan fingerprint density at radius 1 is 1.53 bits per heavy atom. The highest BCUT2D eigenvalue weighted by Gasteiger charge is 2.33. The van der Waals surface area contributed by atoms with Gasteiger partial charge in [0.2, 0.25) is 5.91 Å². The molecule has 1 fully saturated rings. The van der Waals surface area contributed by atoms with Crippen molar-refractivity contribution >= 4 is 28.4 Å². The second-order valence-corrected chi connectivity index (χ2v) is 5.57. The van der Waals surface area contributed by atoms with Crippen LogP contribution in [0, 0.1) is 18.8 Å². The van der Waals surface area contributed by atoms with Gasteiger partial charge in [0.05, 0.1) is 5.69 Å². The molecule has 1 heterocycles. The molecule has 7 heteroatoms. The highest BCUT2D eigenvalue weighted by molar-refractivity contribution is 7.11. The van der Waals surface area contributed by atoms with Gasteiger partial charge in [-0.2, -0.15) is 4.37 Å². The predicted octanol–water partition coefficient (Wildman–Crippen LogP) is 1.46. The predicted molar refractivity (Wildman–Crippen MR) is 72.3 cm³/mol. The van der Waals surface area contributed by atoms with Crippen LogP contribution in [0.3, 0.4) is 0 Å². The van der Waals surface area contributed by atoms with Crippen LogP contribution in [0.15, 0.2) is 0 Å². The number of amides is 1. The summed E-state index contributed by atoms with van der Waals surface area (Å²) in [5, 5.41) is 12.1. The lowest BCUT2D eigenvalue weighted by Gasteiger charge is -2.16. The summed E-state index contributed by atoms with van der Waals surface area (Å²) in [5.41, 5.74) is 6.16. The summed E-state index contributed by atoms with van der Waals surface area (Å²) >= 11 is 1.01.